The molecule has 2 aliphatic rings. The van der Waals surface area contributed by atoms with Crippen molar-refractivity contribution >= 4 is 17.6 Å². The summed E-state index contributed by atoms with van der Waals surface area (Å²) >= 11 is 0. The molecule has 5 rings (SSSR count). The van der Waals surface area contributed by atoms with Crippen molar-refractivity contribution in [1.82, 2.24) is 9.88 Å². The van der Waals surface area contributed by atoms with Gasteiger partial charge in [-0.05, 0) is 93.5 Å². The maximum Gasteiger partial charge on any atom is 0.417 e. The van der Waals surface area contributed by atoms with Crippen molar-refractivity contribution in [3.63, 3.8) is 0 Å². The Morgan fingerprint density at radius 1 is 1.09 bits per heavy atom. The summed E-state index contributed by atoms with van der Waals surface area (Å²) in [5, 5.41) is 3.44. The fourth-order valence-electron chi connectivity index (χ4n) is 6.31. The first kappa shape index (κ1) is 30.5. The molecule has 1 amide bonds. The minimum Gasteiger partial charge on any atom is -0.491 e. The van der Waals surface area contributed by atoms with E-state index in [1.54, 1.807) is 46.0 Å². The topological polar surface area (TPSA) is 83.7 Å². The first-order valence-electron chi connectivity index (χ1n) is 14.8. The number of likely N-dealkylation sites (tertiary alicyclic amines) is 1. The molecule has 1 saturated heterocycles. The van der Waals surface area contributed by atoms with Crippen molar-refractivity contribution in [2.75, 3.05) is 31.6 Å². The second kappa shape index (κ2) is 12.0. The molecule has 43 heavy (non-hydrogen) atoms. The highest BCUT2D eigenvalue weighted by atomic mass is 19.4. The second-order valence-corrected chi connectivity index (χ2v) is 11.7. The zero-order chi connectivity index (χ0) is 30.9. The summed E-state index contributed by atoms with van der Waals surface area (Å²) in [5.41, 5.74) is 3.51. The minimum absolute atomic E-state index is 0.0157. The van der Waals surface area contributed by atoms with Crippen LogP contribution in [0.5, 0.6) is 5.75 Å². The number of benzene rings is 2. The van der Waals surface area contributed by atoms with E-state index in [1.807, 2.05) is 17.0 Å². The molecule has 1 spiro atoms. The smallest absolute Gasteiger partial charge is 0.417 e. The van der Waals surface area contributed by atoms with Gasteiger partial charge >= 0.3 is 12.1 Å². The summed E-state index contributed by atoms with van der Waals surface area (Å²) in [5.74, 6) is -0.189. The molecule has 10 heteroatoms. The molecule has 2 aliphatic heterocycles. The van der Waals surface area contributed by atoms with E-state index in [1.165, 1.54) is 6.07 Å². The largest absolute Gasteiger partial charge is 0.491 e. The molecule has 1 fully saturated rings. The number of hydrogen-bond donors (Lipinski definition) is 2. The Morgan fingerprint density at radius 2 is 1.84 bits per heavy atom. The van der Waals surface area contributed by atoms with Gasteiger partial charge in [0.15, 0.2) is 0 Å². The zero-order valence-corrected chi connectivity index (χ0v) is 25.0. The molecule has 1 aromatic heterocycles. The summed E-state index contributed by atoms with van der Waals surface area (Å²) in [6.07, 6.45) is -0.923. The number of H-pyrrole nitrogens is 1. The van der Waals surface area contributed by atoms with E-state index < -0.39 is 17.7 Å². The zero-order valence-electron chi connectivity index (χ0n) is 25.0. The Labute approximate surface area is 249 Å². The van der Waals surface area contributed by atoms with Crippen molar-refractivity contribution in [2.45, 2.75) is 71.1 Å². The van der Waals surface area contributed by atoms with Crippen LogP contribution in [0.25, 0.3) is 11.1 Å². The normalized spacial score (nSPS) is 15.9. The molecule has 2 aromatic carbocycles. The quantitative estimate of drug-likeness (QED) is 0.276. The molecule has 2 N–H and O–H groups in total. The summed E-state index contributed by atoms with van der Waals surface area (Å²) in [6, 6.07) is 9.61. The number of hydrogen-bond acceptors (Lipinski definition) is 5. The Hall–Kier alpha value is -3.95. The number of aryl methyl sites for hydroxylation is 2. The van der Waals surface area contributed by atoms with E-state index in [2.05, 4.69) is 10.3 Å². The number of ether oxygens (including phenoxy) is 2. The summed E-state index contributed by atoms with van der Waals surface area (Å²) < 4.78 is 53.1. The maximum atomic E-state index is 14.1. The highest BCUT2D eigenvalue weighted by molar-refractivity contribution is 5.92. The molecular formula is C33H38F3N3O4. The Balaban J connectivity index is 1.30. The van der Waals surface area contributed by atoms with Crippen molar-refractivity contribution in [3.8, 4) is 16.9 Å². The number of halogens is 3. The average Bonchev–Trinajstić information content (AvgIpc) is 3.51. The maximum absolute atomic E-state index is 14.1. The third-order valence-electron chi connectivity index (χ3n) is 8.51. The monoisotopic (exact) mass is 597 g/mol. The lowest BCUT2D eigenvalue weighted by Crippen LogP contribution is -2.46. The average molecular weight is 598 g/mol. The van der Waals surface area contributed by atoms with Gasteiger partial charge in [-0.15, -0.1) is 0 Å². The van der Waals surface area contributed by atoms with Crippen LogP contribution in [-0.4, -0.2) is 54.1 Å². The standard InChI is InChI=1S/C33H38F3N3O4/c1-5-42-31(41)30-21(4)37-18-23(30)7-11-29(40)39-14-12-32(13-15-39)19-38-28-10-6-22(16-27(28)32)25-9-8-24(43-20(2)3)17-26(25)33(34,35)36/h6,8-10,16-18,20,37-38H,5,7,11-15,19H2,1-4H3. The highest BCUT2D eigenvalue weighted by Gasteiger charge is 2.43. The van der Waals surface area contributed by atoms with E-state index in [0.29, 0.717) is 50.0 Å². The van der Waals surface area contributed by atoms with Gasteiger partial charge in [0.25, 0.3) is 0 Å². The number of nitrogens with one attached hydrogen (secondary N) is 2. The molecule has 0 saturated carbocycles. The molecule has 3 aromatic rings. The van der Waals surface area contributed by atoms with Crippen LogP contribution in [0.15, 0.2) is 42.6 Å². The third-order valence-corrected chi connectivity index (χ3v) is 8.51. The molecule has 230 valence electrons. The number of aromatic amines is 1. The number of carbonyl (C=O) groups excluding carboxylic acids is 2. The number of alkyl halides is 3. The van der Waals surface area contributed by atoms with Gasteiger partial charge in [0, 0.05) is 49.0 Å². The number of esters is 1. The van der Waals surface area contributed by atoms with E-state index in [-0.39, 0.29) is 41.8 Å². The van der Waals surface area contributed by atoms with Gasteiger partial charge in [0.2, 0.25) is 5.91 Å². The van der Waals surface area contributed by atoms with Crippen molar-refractivity contribution in [2.24, 2.45) is 0 Å². The number of piperidine rings is 1. The van der Waals surface area contributed by atoms with Crippen LogP contribution >= 0.6 is 0 Å². The lowest BCUT2D eigenvalue weighted by atomic mass is 9.73. The number of rotatable bonds is 8. The number of aromatic nitrogens is 1. The molecule has 0 atom stereocenters. The molecule has 0 radical (unpaired) electrons. The Morgan fingerprint density at radius 3 is 2.51 bits per heavy atom. The van der Waals surface area contributed by atoms with Gasteiger partial charge in [-0.1, -0.05) is 12.1 Å². The molecule has 0 unspecified atom stereocenters. The summed E-state index contributed by atoms with van der Waals surface area (Å²) in [6.45, 7) is 9.17. The molecule has 7 nitrogen and oxygen atoms in total. The van der Waals surface area contributed by atoms with Gasteiger partial charge in [0.1, 0.15) is 5.75 Å². The van der Waals surface area contributed by atoms with E-state index >= 15 is 0 Å². The van der Waals surface area contributed by atoms with E-state index in [4.69, 9.17) is 9.47 Å². The minimum atomic E-state index is -4.54. The van der Waals surface area contributed by atoms with E-state index in [9.17, 15) is 22.8 Å². The number of nitrogens with zero attached hydrogens (tertiary/aromatic N) is 1. The SMILES string of the molecule is CCOC(=O)c1c(CCC(=O)N2CCC3(CC2)CNc2ccc(-c4ccc(OC(C)C)cc4C(F)(F)F)cc23)c[nH]c1C. The summed E-state index contributed by atoms with van der Waals surface area (Å²) in [4.78, 5) is 30.4. The fraction of sp³-hybridized carbons (Fsp3) is 0.455. The van der Waals surface area contributed by atoms with Gasteiger partial charge in [-0.3, -0.25) is 4.79 Å². The second-order valence-electron chi connectivity index (χ2n) is 11.7. The Kier molecular flexibility index (Phi) is 8.49. The van der Waals surface area contributed by atoms with Crippen LogP contribution < -0.4 is 10.1 Å². The van der Waals surface area contributed by atoms with Crippen LogP contribution in [0.1, 0.15) is 72.8 Å². The molecule has 0 aliphatic carbocycles. The predicted molar refractivity (Wildman–Crippen MR) is 158 cm³/mol. The number of anilines is 1. The van der Waals surface area contributed by atoms with Gasteiger partial charge in [-0.25, -0.2) is 4.79 Å². The fourth-order valence-corrected chi connectivity index (χ4v) is 6.31. The molecule has 0 bridgehead atoms. The van der Waals surface area contributed by atoms with Crippen LogP contribution in [0.3, 0.4) is 0 Å². The molecule has 3 heterocycles. The first-order chi connectivity index (χ1) is 20.4. The predicted octanol–water partition coefficient (Wildman–Crippen LogP) is 6.89. The van der Waals surface area contributed by atoms with Crippen LogP contribution in [0.4, 0.5) is 18.9 Å². The number of amides is 1. The highest BCUT2D eigenvalue weighted by Crippen LogP contribution is 2.47. The lowest BCUT2D eigenvalue weighted by Gasteiger charge is -2.39. The number of fused-ring (bicyclic) bond motifs is 2. The van der Waals surface area contributed by atoms with Gasteiger partial charge in [-0.2, -0.15) is 13.2 Å². The molecular weight excluding hydrogens is 559 g/mol. The lowest BCUT2D eigenvalue weighted by molar-refractivity contribution is -0.137. The van der Waals surface area contributed by atoms with Gasteiger partial charge in [0.05, 0.1) is 23.8 Å². The number of carbonyl (C=O) groups is 2. The Bertz CT molecular complexity index is 1500. The van der Waals surface area contributed by atoms with Crippen molar-refractivity contribution in [3.05, 3.63) is 70.5 Å². The van der Waals surface area contributed by atoms with E-state index in [0.717, 1.165) is 28.6 Å². The summed E-state index contributed by atoms with van der Waals surface area (Å²) in [7, 11) is 0. The van der Waals surface area contributed by atoms with Crippen LogP contribution in [0, 0.1) is 6.92 Å². The first-order valence-corrected chi connectivity index (χ1v) is 14.8. The third kappa shape index (κ3) is 6.24. The van der Waals surface area contributed by atoms with Crippen LogP contribution in [-0.2, 0) is 27.5 Å². The van der Waals surface area contributed by atoms with Crippen molar-refractivity contribution < 1.29 is 32.2 Å². The van der Waals surface area contributed by atoms with Gasteiger partial charge < -0.3 is 24.7 Å². The van der Waals surface area contributed by atoms with Crippen molar-refractivity contribution in [1.29, 1.82) is 0 Å². The van der Waals surface area contributed by atoms with Crippen LogP contribution in [0.2, 0.25) is 0 Å².